The van der Waals surface area contributed by atoms with Gasteiger partial charge < -0.3 is 0 Å². The standard InChI is InChI=1S/C18H17NO/c1-2-6-14(7-3-1)10-11-16-13-17-12-15-8-4-5-9-18(15)19(16)20-17/h1-11,16-17H,12-13H2/b11-10+/t16-,17+/m1/s1. The van der Waals surface area contributed by atoms with Gasteiger partial charge in [-0.3, -0.25) is 4.84 Å². The Morgan fingerprint density at radius 2 is 1.80 bits per heavy atom. The van der Waals surface area contributed by atoms with E-state index >= 15 is 0 Å². The summed E-state index contributed by atoms with van der Waals surface area (Å²) in [5.74, 6) is 0. The van der Waals surface area contributed by atoms with Gasteiger partial charge in [0.1, 0.15) is 0 Å². The van der Waals surface area contributed by atoms with Crippen LogP contribution in [0, 0.1) is 0 Å². The molecule has 0 spiro atoms. The minimum Gasteiger partial charge on any atom is -0.269 e. The predicted octanol–water partition coefficient (Wildman–Crippen LogP) is 3.84. The van der Waals surface area contributed by atoms with Crippen molar-refractivity contribution < 1.29 is 4.84 Å². The molecule has 0 aliphatic carbocycles. The number of nitrogens with zero attached hydrogens (tertiary/aromatic N) is 1. The lowest BCUT2D eigenvalue weighted by Gasteiger charge is -2.28. The van der Waals surface area contributed by atoms with Crippen molar-refractivity contribution in [2.75, 3.05) is 5.06 Å². The number of hydrogen-bond acceptors (Lipinski definition) is 2. The maximum absolute atomic E-state index is 6.01. The number of hydrogen-bond donors (Lipinski definition) is 0. The second-order valence-electron chi connectivity index (χ2n) is 5.46. The van der Waals surface area contributed by atoms with Gasteiger partial charge in [0.05, 0.1) is 17.8 Å². The third kappa shape index (κ3) is 2.02. The minimum absolute atomic E-state index is 0.329. The van der Waals surface area contributed by atoms with Gasteiger partial charge in [0.25, 0.3) is 0 Å². The lowest BCUT2D eigenvalue weighted by atomic mass is 10.0. The average molecular weight is 263 g/mol. The van der Waals surface area contributed by atoms with Crippen molar-refractivity contribution in [3.8, 4) is 0 Å². The van der Waals surface area contributed by atoms with Crippen molar-refractivity contribution in [2.45, 2.75) is 25.0 Å². The number of rotatable bonds is 2. The number of anilines is 1. The van der Waals surface area contributed by atoms with Crippen LogP contribution >= 0.6 is 0 Å². The van der Waals surface area contributed by atoms with Crippen molar-refractivity contribution in [1.82, 2.24) is 0 Å². The first-order chi connectivity index (χ1) is 9.90. The monoisotopic (exact) mass is 263 g/mol. The molecule has 2 aliphatic heterocycles. The third-order valence-corrected chi connectivity index (χ3v) is 4.06. The van der Waals surface area contributed by atoms with Gasteiger partial charge in [-0.25, -0.2) is 5.06 Å². The van der Waals surface area contributed by atoms with Crippen LogP contribution in [-0.2, 0) is 11.3 Å². The Balaban J connectivity index is 1.61. The Bertz CT molecular complexity index is 635. The SMILES string of the molecule is C(=C\[C@@H]1C[C@@H]2Cc3ccccc3N1O2)/c1ccccc1. The molecule has 2 bridgehead atoms. The van der Waals surface area contributed by atoms with Gasteiger partial charge in [-0.05, 0) is 17.2 Å². The molecule has 0 aromatic heterocycles. The summed E-state index contributed by atoms with van der Waals surface area (Å²) < 4.78 is 0. The van der Waals surface area contributed by atoms with Crippen LogP contribution in [0.1, 0.15) is 17.5 Å². The smallest absolute Gasteiger partial charge is 0.0921 e. The number of para-hydroxylation sites is 1. The summed E-state index contributed by atoms with van der Waals surface area (Å²) in [7, 11) is 0. The normalized spacial score (nSPS) is 24.1. The molecular weight excluding hydrogens is 246 g/mol. The molecule has 0 amide bonds. The molecule has 2 atom stereocenters. The summed E-state index contributed by atoms with van der Waals surface area (Å²) in [6.45, 7) is 0. The van der Waals surface area contributed by atoms with E-state index in [4.69, 9.17) is 4.84 Å². The molecule has 2 nitrogen and oxygen atoms in total. The van der Waals surface area contributed by atoms with Gasteiger partial charge >= 0.3 is 0 Å². The van der Waals surface area contributed by atoms with Crippen molar-refractivity contribution in [1.29, 1.82) is 0 Å². The zero-order valence-electron chi connectivity index (χ0n) is 11.3. The highest BCUT2D eigenvalue weighted by Crippen LogP contribution is 2.38. The first-order valence-electron chi connectivity index (χ1n) is 7.17. The van der Waals surface area contributed by atoms with E-state index in [1.807, 2.05) is 6.07 Å². The topological polar surface area (TPSA) is 12.5 Å². The molecule has 2 aromatic rings. The second kappa shape index (κ2) is 4.80. The molecule has 2 heteroatoms. The molecule has 4 rings (SSSR count). The minimum atomic E-state index is 0.329. The Kier molecular flexibility index (Phi) is 2.82. The van der Waals surface area contributed by atoms with Gasteiger partial charge in [0.15, 0.2) is 0 Å². The first-order valence-corrected chi connectivity index (χ1v) is 7.17. The lowest BCUT2D eigenvalue weighted by molar-refractivity contribution is 0.0753. The molecule has 2 aliphatic rings. The maximum Gasteiger partial charge on any atom is 0.0921 e. The fourth-order valence-corrected chi connectivity index (χ4v) is 3.09. The highest BCUT2D eigenvalue weighted by Gasteiger charge is 2.37. The molecule has 2 heterocycles. The molecule has 0 radical (unpaired) electrons. The van der Waals surface area contributed by atoms with Crippen LogP contribution in [0.5, 0.6) is 0 Å². The first kappa shape index (κ1) is 11.7. The summed E-state index contributed by atoms with van der Waals surface area (Å²) in [5, 5.41) is 2.09. The fraction of sp³-hybridized carbons (Fsp3) is 0.222. The Morgan fingerprint density at radius 3 is 2.70 bits per heavy atom. The second-order valence-corrected chi connectivity index (χ2v) is 5.46. The average Bonchev–Trinajstić information content (AvgIpc) is 2.84. The summed E-state index contributed by atoms with van der Waals surface area (Å²) >= 11 is 0. The van der Waals surface area contributed by atoms with Crippen LogP contribution in [-0.4, -0.2) is 12.1 Å². The summed E-state index contributed by atoms with van der Waals surface area (Å²) in [4.78, 5) is 6.01. The van der Waals surface area contributed by atoms with Crippen molar-refractivity contribution in [3.63, 3.8) is 0 Å². The van der Waals surface area contributed by atoms with Gasteiger partial charge in [-0.2, -0.15) is 0 Å². The van der Waals surface area contributed by atoms with E-state index in [2.05, 4.69) is 65.7 Å². The molecule has 1 fully saturated rings. The van der Waals surface area contributed by atoms with Gasteiger partial charge in [0.2, 0.25) is 0 Å². The largest absolute Gasteiger partial charge is 0.269 e. The predicted molar refractivity (Wildman–Crippen MR) is 81.4 cm³/mol. The van der Waals surface area contributed by atoms with E-state index in [-0.39, 0.29) is 0 Å². The quantitative estimate of drug-likeness (QED) is 0.816. The highest BCUT2D eigenvalue weighted by atomic mass is 16.7. The number of hydroxylamine groups is 1. The Morgan fingerprint density at radius 1 is 1.00 bits per heavy atom. The van der Waals surface area contributed by atoms with Crippen molar-refractivity contribution in [3.05, 3.63) is 71.8 Å². The molecule has 1 saturated heterocycles. The fourth-order valence-electron chi connectivity index (χ4n) is 3.09. The van der Waals surface area contributed by atoms with Crippen LogP contribution in [0.4, 0.5) is 5.69 Å². The van der Waals surface area contributed by atoms with Crippen LogP contribution < -0.4 is 5.06 Å². The molecule has 100 valence electrons. The molecule has 0 N–H and O–H groups in total. The van der Waals surface area contributed by atoms with E-state index in [1.165, 1.54) is 16.8 Å². The summed E-state index contributed by atoms with van der Waals surface area (Å²) in [6, 6.07) is 19.3. The summed E-state index contributed by atoms with van der Waals surface area (Å²) in [6.07, 6.45) is 6.88. The number of benzene rings is 2. The molecule has 0 saturated carbocycles. The molecule has 0 unspecified atom stereocenters. The van der Waals surface area contributed by atoms with Crippen LogP contribution in [0.3, 0.4) is 0 Å². The molecule has 2 aromatic carbocycles. The van der Waals surface area contributed by atoms with Gasteiger partial charge in [0, 0.05) is 12.8 Å². The van der Waals surface area contributed by atoms with Gasteiger partial charge in [-0.1, -0.05) is 60.7 Å². The van der Waals surface area contributed by atoms with E-state index in [0.717, 1.165) is 12.8 Å². The van der Waals surface area contributed by atoms with Crippen LogP contribution in [0.2, 0.25) is 0 Å². The van der Waals surface area contributed by atoms with Crippen molar-refractivity contribution >= 4 is 11.8 Å². The molecular formula is C18H17NO. The van der Waals surface area contributed by atoms with Gasteiger partial charge in [-0.15, -0.1) is 0 Å². The zero-order chi connectivity index (χ0) is 13.4. The van der Waals surface area contributed by atoms with Crippen LogP contribution in [0.25, 0.3) is 6.08 Å². The Labute approximate surface area is 119 Å². The Hall–Kier alpha value is -2.06. The van der Waals surface area contributed by atoms with E-state index < -0.39 is 0 Å². The zero-order valence-corrected chi connectivity index (χ0v) is 11.3. The number of fused-ring (bicyclic) bond motifs is 4. The third-order valence-electron chi connectivity index (χ3n) is 4.06. The highest BCUT2D eigenvalue weighted by molar-refractivity contribution is 5.58. The van der Waals surface area contributed by atoms with Crippen molar-refractivity contribution in [2.24, 2.45) is 0 Å². The summed E-state index contributed by atoms with van der Waals surface area (Å²) in [5.41, 5.74) is 3.87. The van der Waals surface area contributed by atoms with Crippen LogP contribution in [0.15, 0.2) is 60.7 Å². The lowest BCUT2D eigenvalue weighted by Crippen LogP contribution is -2.30. The molecule has 20 heavy (non-hydrogen) atoms. The van der Waals surface area contributed by atoms with E-state index in [0.29, 0.717) is 12.1 Å². The van der Waals surface area contributed by atoms with E-state index in [9.17, 15) is 0 Å². The van der Waals surface area contributed by atoms with E-state index in [1.54, 1.807) is 0 Å². The maximum atomic E-state index is 6.01.